The van der Waals surface area contributed by atoms with Crippen molar-refractivity contribution in [3.8, 4) is 0 Å². The van der Waals surface area contributed by atoms with Gasteiger partial charge in [-0.25, -0.2) is 9.59 Å². The Kier molecular flexibility index (Phi) is 4.94. The van der Waals surface area contributed by atoms with Crippen LogP contribution in [0.3, 0.4) is 0 Å². The van der Waals surface area contributed by atoms with Crippen molar-refractivity contribution < 1.29 is 24.6 Å². The number of amides is 2. The van der Waals surface area contributed by atoms with E-state index < -0.39 is 24.0 Å². The highest BCUT2D eigenvalue weighted by molar-refractivity contribution is 5.83. The molecule has 0 aromatic rings. The summed E-state index contributed by atoms with van der Waals surface area (Å²) < 4.78 is 0. The average molecular weight is 258 g/mol. The highest BCUT2D eigenvalue weighted by atomic mass is 16.4. The van der Waals surface area contributed by atoms with Gasteiger partial charge in [-0.05, 0) is 32.1 Å². The van der Waals surface area contributed by atoms with Crippen LogP contribution in [0.4, 0.5) is 4.79 Å². The standard InChI is InChI=1S/C11H18N2O5/c1-6(7-2-3-7)12-11(18)13-8(10(16)17)4-5-9(14)15/h6-8H,2-5H2,1H3,(H,14,15)(H,16,17)(H2,12,13,18). The van der Waals surface area contributed by atoms with Crippen molar-refractivity contribution >= 4 is 18.0 Å². The van der Waals surface area contributed by atoms with E-state index in [2.05, 4.69) is 10.6 Å². The van der Waals surface area contributed by atoms with Gasteiger partial charge in [0.1, 0.15) is 6.04 Å². The molecule has 0 heterocycles. The molecule has 0 bridgehead atoms. The third-order valence-corrected chi connectivity index (χ3v) is 2.94. The predicted octanol–water partition coefficient (Wildman–Crippen LogP) is 0.402. The Morgan fingerprint density at radius 2 is 1.83 bits per heavy atom. The summed E-state index contributed by atoms with van der Waals surface area (Å²) in [5.41, 5.74) is 0. The molecule has 102 valence electrons. The lowest BCUT2D eigenvalue weighted by Crippen LogP contribution is -2.49. The SMILES string of the molecule is CC(NC(=O)NC(CCC(=O)O)C(=O)O)C1CC1. The zero-order valence-corrected chi connectivity index (χ0v) is 10.2. The van der Waals surface area contributed by atoms with E-state index in [0.717, 1.165) is 12.8 Å². The molecular weight excluding hydrogens is 240 g/mol. The summed E-state index contributed by atoms with van der Waals surface area (Å²) in [7, 11) is 0. The van der Waals surface area contributed by atoms with Crippen molar-refractivity contribution in [2.75, 3.05) is 0 Å². The van der Waals surface area contributed by atoms with Gasteiger partial charge >= 0.3 is 18.0 Å². The van der Waals surface area contributed by atoms with E-state index in [1.807, 2.05) is 6.92 Å². The topological polar surface area (TPSA) is 116 Å². The molecule has 0 radical (unpaired) electrons. The van der Waals surface area contributed by atoms with E-state index in [4.69, 9.17) is 10.2 Å². The van der Waals surface area contributed by atoms with Gasteiger partial charge in [0, 0.05) is 12.5 Å². The zero-order valence-electron chi connectivity index (χ0n) is 10.2. The molecule has 2 amide bonds. The maximum Gasteiger partial charge on any atom is 0.326 e. The summed E-state index contributed by atoms with van der Waals surface area (Å²) in [6.45, 7) is 1.87. The lowest BCUT2D eigenvalue weighted by atomic mass is 10.1. The van der Waals surface area contributed by atoms with Crippen LogP contribution in [0.2, 0.25) is 0 Å². The summed E-state index contributed by atoms with van der Waals surface area (Å²) in [5.74, 6) is -1.85. The molecule has 1 saturated carbocycles. The fraction of sp³-hybridized carbons (Fsp3) is 0.727. The molecule has 4 N–H and O–H groups in total. The highest BCUT2D eigenvalue weighted by Gasteiger charge is 2.29. The number of hydrogen-bond donors (Lipinski definition) is 4. The van der Waals surface area contributed by atoms with Crippen molar-refractivity contribution in [1.29, 1.82) is 0 Å². The van der Waals surface area contributed by atoms with Crippen LogP contribution in [0.25, 0.3) is 0 Å². The first-order chi connectivity index (χ1) is 8.40. The molecule has 7 heteroatoms. The van der Waals surface area contributed by atoms with Crippen LogP contribution in [0, 0.1) is 5.92 Å². The van der Waals surface area contributed by atoms with Crippen LogP contribution >= 0.6 is 0 Å². The molecule has 0 aromatic carbocycles. The number of carboxylic acid groups (broad SMARTS) is 2. The first kappa shape index (κ1) is 14.3. The third kappa shape index (κ3) is 5.03. The van der Waals surface area contributed by atoms with Gasteiger partial charge in [0.05, 0.1) is 0 Å². The summed E-state index contributed by atoms with van der Waals surface area (Å²) in [5, 5.41) is 22.3. The Bertz CT molecular complexity index is 340. The molecule has 1 fully saturated rings. The molecule has 0 saturated heterocycles. The third-order valence-electron chi connectivity index (χ3n) is 2.94. The van der Waals surface area contributed by atoms with Crippen molar-refractivity contribution in [2.24, 2.45) is 5.92 Å². The molecule has 7 nitrogen and oxygen atoms in total. The fourth-order valence-corrected chi connectivity index (χ4v) is 1.65. The van der Waals surface area contributed by atoms with E-state index in [1.165, 1.54) is 0 Å². The van der Waals surface area contributed by atoms with Gasteiger partial charge in [-0.3, -0.25) is 4.79 Å². The highest BCUT2D eigenvalue weighted by Crippen LogP contribution is 2.32. The second-order valence-corrected chi connectivity index (χ2v) is 4.57. The number of carbonyl (C=O) groups is 3. The van der Waals surface area contributed by atoms with Gasteiger partial charge < -0.3 is 20.8 Å². The molecule has 1 rings (SSSR count). The smallest absolute Gasteiger partial charge is 0.326 e. The van der Waals surface area contributed by atoms with Crippen molar-refractivity contribution in [2.45, 2.75) is 44.7 Å². The fourth-order valence-electron chi connectivity index (χ4n) is 1.65. The summed E-state index contributed by atoms with van der Waals surface area (Å²) >= 11 is 0. The molecule has 1 aliphatic rings. The summed E-state index contributed by atoms with van der Waals surface area (Å²) in [4.78, 5) is 32.7. The number of urea groups is 1. The van der Waals surface area contributed by atoms with Crippen LogP contribution in [0.15, 0.2) is 0 Å². The van der Waals surface area contributed by atoms with Gasteiger partial charge in [-0.1, -0.05) is 0 Å². The Hall–Kier alpha value is -1.79. The van der Waals surface area contributed by atoms with Gasteiger partial charge in [-0.15, -0.1) is 0 Å². The van der Waals surface area contributed by atoms with Crippen LogP contribution < -0.4 is 10.6 Å². The number of carbonyl (C=O) groups excluding carboxylic acids is 1. The van der Waals surface area contributed by atoms with Gasteiger partial charge in [-0.2, -0.15) is 0 Å². The predicted molar refractivity (Wildman–Crippen MR) is 62.1 cm³/mol. The first-order valence-electron chi connectivity index (χ1n) is 5.91. The molecule has 0 spiro atoms. The maximum absolute atomic E-state index is 11.5. The Balaban J connectivity index is 2.36. The van der Waals surface area contributed by atoms with E-state index in [-0.39, 0.29) is 18.9 Å². The van der Waals surface area contributed by atoms with E-state index >= 15 is 0 Å². The minimum absolute atomic E-state index is 0.0129. The Morgan fingerprint density at radius 3 is 2.28 bits per heavy atom. The second-order valence-electron chi connectivity index (χ2n) is 4.57. The van der Waals surface area contributed by atoms with E-state index in [0.29, 0.717) is 5.92 Å². The monoisotopic (exact) mass is 258 g/mol. The van der Waals surface area contributed by atoms with Gasteiger partial charge in [0.2, 0.25) is 0 Å². The summed E-state index contributed by atoms with van der Waals surface area (Å²) in [6.07, 6.45) is 1.72. The number of nitrogens with one attached hydrogen (secondary N) is 2. The molecule has 0 aromatic heterocycles. The Labute approximate surface area is 105 Å². The number of carboxylic acids is 2. The van der Waals surface area contributed by atoms with Crippen molar-refractivity contribution in [3.05, 3.63) is 0 Å². The molecule has 2 atom stereocenters. The minimum atomic E-state index is -1.23. The lowest BCUT2D eigenvalue weighted by Gasteiger charge is -2.17. The summed E-state index contributed by atoms with van der Waals surface area (Å²) in [6, 6.07) is -1.72. The van der Waals surface area contributed by atoms with Crippen LogP contribution in [0.5, 0.6) is 0 Å². The van der Waals surface area contributed by atoms with Crippen molar-refractivity contribution in [1.82, 2.24) is 10.6 Å². The zero-order chi connectivity index (χ0) is 13.7. The van der Waals surface area contributed by atoms with Crippen LogP contribution in [0.1, 0.15) is 32.6 Å². The van der Waals surface area contributed by atoms with Gasteiger partial charge in [0.25, 0.3) is 0 Å². The van der Waals surface area contributed by atoms with E-state index in [1.54, 1.807) is 0 Å². The largest absolute Gasteiger partial charge is 0.481 e. The van der Waals surface area contributed by atoms with Crippen LogP contribution in [-0.2, 0) is 9.59 Å². The lowest BCUT2D eigenvalue weighted by molar-refractivity contribution is -0.140. The average Bonchev–Trinajstić information content (AvgIpc) is 3.06. The van der Waals surface area contributed by atoms with Crippen molar-refractivity contribution in [3.63, 3.8) is 0 Å². The number of hydrogen-bond acceptors (Lipinski definition) is 3. The molecule has 1 aliphatic carbocycles. The quantitative estimate of drug-likeness (QED) is 0.527. The maximum atomic E-state index is 11.5. The number of aliphatic carboxylic acids is 2. The first-order valence-corrected chi connectivity index (χ1v) is 5.91. The molecule has 18 heavy (non-hydrogen) atoms. The molecular formula is C11H18N2O5. The number of rotatable bonds is 7. The van der Waals surface area contributed by atoms with Crippen LogP contribution in [-0.4, -0.2) is 40.3 Å². The molecule has 0 aliphatic heterocycles. The minimum Gasteiger partial charge on any atom is -0.481 e. The second kappa shape index (κ2) is 6.23. The normalized spacial score (nSPS) is 17.6. The molecule has 2 unspecified atom stereocenters. The van der Waals surface area contributed by atoms with Gasteiger partial charge in [0.15, 0.2) is 0 Å². The Morgan fingerprint density at radius 1 is 1.22 bits per heavy atom. The van der Waals surface area contributed by atoms with E-state index in [9.17, 15) is 14.4 Å².